The van der Waals surface area contributed by atoms with Crippen LogP contribution >= 0.6 is 15.9 Å². The van der Waals surface area contributed by atoms with Crippen molar-refractivity contribution in [2.24, 2.45) is 0 Å². The number of hydrogen-bond donors (Lipinski definition) is 0. The zero-order valence-electron chi connectivity index (χ0n) is 9.24. The standard InChI is InChI=1S/C12H9BrO4/c1-6-3-4-10(16-7(2)14)11-8(6)5-9(13)12(15)17-11/h3-5H,1-2H3. The summed E-state index contributed by atoms with van der Waals surface area (Å²) in [5, 5.41) is 0.732. The Kier molecular flexibility index (Phi) is 3.02. The van der Waals surface area contributed by atoms with Crippen molar-refractivity contribution in [1.82, 2.24) is 0 Å². The molecule has 2 rings (SSSR count). The molecule has 0 radical (unpaired) electrons. The molecule has 0 amide bonds. The molecule has 0 aliphatic heterocycles. The van der Waals surface area contributed by atoms with Gasteiger partial charge in [-0.2, -0.15) is 0 Å². The van der Waals surface area contributed by atoms with Crippen molar-refractivity contribution in [1.29, 1.82) is 0 Å². The van der Waals surface area contributed by atoms with Crippen LogP contribution < -0.4 is 10.4 Å². The van der Waals surface area contributed by atoms with Gasteiger partial charge in [0.1, 0.15) is 4.47 Å². The molecule has 0 spiro atoms. The van der Waals surface area contributed by atoms with Crippen LogP contribution in [0.5, 0.6) is 5.75 Å². The van der Waals surface area contributed by atoms with Gasteiger partial charge in [0.05, 0.1) is 0 Å². The van der Waals surface area contributed by atoms with Gasteiger partial charge in [-0.1, -0.05) is 6.07 Å². The van der Waals surface area contributed by atoms with E-state index in [1.807, 2.05) is 6.92 Å². The summed E-state index contributed by atoms with van der Waals surface area (Å²) in [4.78, 5) is 22.4. The van der Waals surface area contributed by atoms with Gasteiger partial charge in [0.15, 0.2) is 11.3 Å². The molecule has 1 aromatic heterocycles. The fourth-order valence-corrected chi connectivity index (χ4v) is 1.83. The molecule has 0 fully saturated rings. The number of halogens is 1. The van der Waals surface area contributed by atoms with Crippen LogP contribution in [0.3, 0.4) is 0 Å². The number of rotatable bonds is 1. The number of hydrogen-bond acceptors (Lipinski definition) is 4. The lowest BCUT2D eigenvalue weighted by Crippen LogP contribution is -2.05. The largest absolute Gasteiger partial charge is 0.423 e. The lowest BCUT2D eigenvalue weighted by atomic mass is 10.1. The molecule has 17 heavy (non-hydrogen) atoms. The van der Waals surface area contributed by atoms with E-state index in [1.54, 1.807) is 18.2 Å². The third-order valence-corrected chi connectivity index (χ3v) is 2.85. The molecule has 2 aromatic rings. The van der Waals surface area contributed by atoms with Crippen LogP contribution in [0.1, 0.15) is 12.5 Å². The van der Waals surface area contributed by atoms with Crippen molar-refractivity contribution in [3.05, 3.63) is 38.7 Å². The lowest BCUT2D eigenvalue weighted by molar-refractivity contribution is -0.131. The first-order chi connectivity index (χ1) is 7.99. The molecule has 0 bridgehead atoms. The van der Waals surface area contributed by atoms with Gasteiger partial charge in [0.25, 0.3) is 0 Å². The molecule has 1 heterocycles. The number of carbonyl (C=O) groups excluding carboxylic acids is 1. The van der Waals surface area contributed by atoms with E-state index in [2.05, 4.69) is 15.9 Å². The minimum atomic E-state index is -0.503. The SMILES string of the molecule is CC(=O)Oc1ccc(C)c2cc(Br)c(=O)oc12. The van der Waals surface area contributed by atoms with Crippen molar-refractivity contribution in [3.63, 3.8) is 0 Å². The van der Waals surface area contributed by atoms with Crippen LogP contribution in [0.15, 0.2) is 31.9 Å². The van der Waals surface area contributed by atoms with Gasteiger partial charge < -0.3 is 9.15 Å². The Morgan fingerprint density at radius 3 is 2.76 bits per heavy atom. The van der Waals surface area contributed by atoms with Crippen LogP contribution in [0.25, 0.3) is 11.0 Å². The zero-order chi connectivity index (χ0) is 12.6. The van der Waals surface area contributed by atoms with Gasteiger partial charge in [-0.3, -0.25) is 4.79 Å². The second-order valence-electron chi connectivity index (χ2n) is 3.60. The molecule has 0 aliphatic rings. The third-order valence-electron chi connectivity index (χ3n) is 2.29. The fraction of sp³-hybridized carbons (Fsp3) is 0.167. The van der Waals surface area contributed by atoms with Gasteiger partial charge in [-0.05, 0) is 40.5 Å². The minimum absolute atomic E-state index is 0.253. The van der Waals surface area contributed by atoms with Crippen molar-refractivity contribution in [3.8, 4) is 5.75 Å². The maximum atomic E-state index is 11.4. The average Bonchev–Trinajstić information content (AvgIpc) is 2.25. The highest BCUT2D eigenvalue weighted by atomic mass is 79.9. The summed E-state index contributed by atoms with van der Waals surface area (Å²) in [5.74, 6) is -0.205. The molecule has 0 aliphatic carbocycles. The Hall–Kier alpha value is -1.62. The molecule has 0 N–H and O–H groups in total. The first-order valence-corrected chi connectivity index (χ1v) is 5.69. The highest BCUT2D eigenvalue weighted by Crippen LogP contribution is 2.28. The molecule has 0 atom stereocenters. The Balaban J connectivity index is 2.79. The first-order valence-electron chi connectivity index (χ1n) is 4.90. The number of fused-ring (bicyclic) bond motifs is 1. The second kappa shape index (κ2) is 4.33. The highest BCUT2D eigenvalue weighted by molar-refractivity contribution is 9.10. The van der Waals surface area contributed by atoms with E-state index in [-0.39, 0.29) is 11.3 Å². The number of carbonyl (C=O) groups is 1. The molecule has 0 saturated heterocycles. The third kappa shape index (κ3) is 2.24. The highest BCUT2D eigenvalue weighted by Gasteiger charge is 2.11. The van der Waals surface area contributed by atoms with Gasteiger partial charge in [-0.15, -0.1) is 0 Å². The molecule has 88 valence electrons. The predicted molar refractivity (Wildman–Crippen MR) is 66.2 cm³/mol. The van der Waals surface area contributed by atoms with Gasteiger partial charge in [-0.25, -0.2) is 4.79 Å². The van der Waals surface area contributed by atoms with E-state index < -0.39 is 11.6 Å². The molecular weight excluding hydrogens is 288 g/mol. The summed E-state index contributed by atoms with van der Waals surface area (Å²) in [5.41, 5.74) is 0.713. The number of aryl methyl sites for hydroxylation is 1. The topological polar surface area (TPSA) is 56.5 Å². The molecule has 0 unspecified atom stereocenters. The molecule has 4 nitrogen and oxygen atoms in total. The molecule has 0 saturated carbocycles. The zero-order valence-corrected chi connectivity index (χ0v) is 10.8. The van der Waals surface area contributed by atoms with Gasteiger partial charge >= 0.3 is 11.6 Å². The summed E-state index contributed by atoms with van der Waals surface area (Å²) in [7, 11) is 0. The summed E-state index contributed by atoms with van der Waals surface area (Å²) < 4.78 is 10.5. The smallest absolute Gasteiger partial charge is 0.350 e. The Labute approximate surface area is 105 Å². The monoisotopic (exact) mass is 296 g/mol. The van der Waals surface area contributed by atoms with Crippen LogP contribution in [0.2, 0.25) is 0 Å². The van der Waals surface area contributed by atoms with Crippen LogP contribution in [0.4, 0.5) is 0 Å². The molecule has 5 heteroatoms. The van der Waals surface area contributed by atoms with Gasteiger partial charge in [0, 0.05) is 12.3 Å². The number of esters is 1. The molecular formula is C12H9BrO4. The summed E-state index contributed by atoms with van der Waals surface area (Å²) in [6.45, 7) is 3.18. The quantitative estimate of drug-likeness (QED) is 0.461. The lowest BCUT2D eigenvalue weighted by Gasteiger charge is -2.06. The summed E-state index contributed by atoms with van der Waals surface area (Å²) in [6.07, 6.45) is 0. The number of ether oxygens (including phenoxy) is 1. The minimum Gasteiger partial charge on any atom is -0.423 e. The summed E-state index contributed by atoms with van der Waals surface area (Å²) >= 11 is 3.11. The predicted octanol–water partition coefficient (Wildman–Crippen LogP) is 2.79. The Morgan fingerprint density at radius 2 is 2.12 bits per heavy atom. The normalized spacial score (nSPS) is 10.5. The van der Waals surface area contributed by atoms with E-state index in [0.717, 1.165) is 10.9 Å². The summed E-state index contributed by atoms with van der Waals surface area (Å²) in [6, 6.07) is 5.06. The van der Waals surface area contributed by atoms with E-state index >= 15 is 0 Å². The Morgan fingerprint density at radius 1 is 1.41 bits per heavy atom. The van der Waals surface area contributed by atoms with Crippen LogP contribution in [-0.4, -0.2) is 5.97 Å². The van der Waals surface area contributed by atoms with Crippen molar-refractivity contribution in [2.45, 2.75) is 13.8 Å². The first kappa shape index (κ1) is 11.9. The van der Waals surface area contributed by atoms with Crippen molar-refractivity contribution < 1.29 is 13.9 Å². The number of benzene rings is 1. The van der Waals surface area contributed by atoms with E-state index in [1.165, 1.54) is 6.92 Å². The average molecular weight is 297 g/mol. The van der Waals surface area contributed by atoms with E-state index in [0.29, 0.717) is 4.47 Å². The fourth-order valence-electron chi connectivity index (χ4n) is 1.52. The van der Waals surface area contributed by atoms with Crippen LogP contribution in [-0.2, 0) is 4.79 Å². The second-order valence-corrected chi connectivity index (χ2v) is 4.45. The van der Waals surface area contributed by atoms with E-state index in [9.17, 15) is 9.59 Å². The van der Waals surface area contributed by atoms with Crippen molar-refractivity contribution in [2.75, 3.05) is 0 Å². The maximum Gasteiger partial charge on any atom is 0.350 e. The molecule has 1 aromatic carbocycles. The maximum absolute atomic E-state index is 11.4. The van der Waals surface area contributed by atoms with E-state index in [4.69, 9.17) is 9.15 Å². The Bertz CT molecular complexity index is 657. The van der Waals surface area contributed by atoms with Crippen molar-refractivity contribution >= 4 is 32.9 Å². The van der Waals surface area contributed by atoms with Gasteiger partial charge in [0.2, 0.25) is 0 Å². The van der Waals surface area contributed by atoms with Crippen LogP contribution in [0, 0.1) is 6.92 Å².